The van der Waals surface area contributed by atoms with Crippen LogP contribution in [0.3, 0.4) is 0 Å². The average molecular weight is 298 g/mol. The number of nitrogens with zero attached hydrogens (tertiary/aromatic N) is 2. The van der Waals surface area contributed by atoms with Crippen LogP contribution in [0.2, 0.25) is 5.02 Å². The van der Waals surface area contributed by atoms with Gasteiger partial charge in [-0.15, -0.1) is 11.3 Å². The second kappa shape index (κ2) is 6.84. The molecule has 0 saturated heterocycles. The molecule has 0 aliphatic rings. The number of halogens is 1. The van der Waals surface area contributed by atoms with Crippen LogP contribution in [0.4, 0.5) is 0 Å². The number of ether oxygens (including phenoxy) is 1. The Hall–Kier alpha value is -1.17. The maximum absolute atomic E-state index is 6.24. The Labute approximate surface area is 121 Å². The first-order valence-corrected chi connectivity index (χ1v) is 7.34. The molecule has 4 nitrogen and oxygen atoms in total. The minimum Gasteiger partial charge on any atom is -0.480 e. The molecule has 1 atom stereocenters. The maximum Gasteiger partial charge on any atom is 0.237 e. The van der Waals surface area contributed by atoms with Gasteiger partial charge in [0, 0.05) is 17.3 Å². The molecular weight excluding hydrogens is 282 g/mol. The second-order valence-electron chi connectivity index (χ2n) is 3.97. The number of thiophene rings is 1. The first-order valence-electron chi connectivity index (χ1n) is 6.09. The Bertz CT molecular complexity index is 532. The predicted molar refractivity (Wildman–Crippen MR) is 78.0 cm³/mol. The number of rotatable bonds is 6. The van der Waals surface area contributed by atoms with Crippen molar-refractivity contribution in [3.63, 3.8) is 0 Å². The number of hydrogen-bond acceptors (Lipinski definition) is 5. The molecule has 1 N–H and O–H groups in total. The van der Waals surface area contributed by atoms with Gasteiger partial charge in [-0.1, -0.05) is 18.5 Å². The Morgan fingerprint density at radius 3 is 2.84 bits per heavy atom. The highest BCUT2D eigenvalue weighted by Crippen LogP contribution is 2.34. The standard InChI is InChI=1S/C13H16ClN3OS/c1-3-5-15-10(12-9(14)4-8-19-12)11-13(18-2)17-7-6-16-11/h4,6-8,10,15H,3,5H2,1-2H3. The van der Waals surface area contributed by atoms with Crippen LogP contribution in [0.15, 0.2) is 23.8 Å². The van der Waals surface area contributed by atoms with Gasteiger partial charge in [0.1, 0.15) is 5.69 Å². The summed E-state index contributed by atoms with van der Waals surface area (Å²) in [5.41, 5.74) is 0.766. The summed E-state index contributed by atoms with van der Waals surface area (Å²) in [5, 5.41) is 6.16. The molecule has 6 heteroatoms. The lowest BCUT2D eigenvalue weighted by molar-refractivity contribution is 0.383. The van der Waals surface area contributed by atoms with Gasteiger partial charge in [0.25, 0.3) is 0 Å². The molecule has 0 aromatic carbocycles. The molecule has 2 rings (SSSR count). The summed E-state index contributed by atoms with van der Waals surface area (Å²) in [5.74, 6) is 0.528. The third-order valence-electron chi connectivity index (χ3n) is 2.66. The van der Waals surface area contributed by atoms with Gasteiger partial charge in [-0.3, -0.25) is 4.98 Å². The summed E-state index contributed by atoms with van der Waals surface area (Å²) in [4.78, 5) is 9.64. The van der Waals surface area contributed by atoms with E-state index in [0.29, 0.717) is 5.88 Å². The summed E-state index contributed by atoms with van der Waals surface area (Å²) in [6.45, 7) is 2.99. The summed E-state index contributed by atoms with van der Waals surface area (Å²) in [6.07, 6.45) is 4.32. The largest absolute Gasteiger partial charge is 0.480 e. The predicted octanol–water partition coefficient (Wildman–Crippen LogP) is 3.29. The van der Waals surface area contributed by atoms with E-state index in [4.69, 9.17) is 16.3 Å². The van der Waals surface area contributed by atoms with Crippen molar-refractivity contribution in [1.29, 1.82) is 0 Å². The average Bonchev–Trinajstić information content (AvgIpc) is 2.86. The molecule has 0 saturated carbocycles. The van der Waals surface area contributed by atoms with Gasteiger partial charge in [0.2, 0.25) is 5.88 Å². The van der Waals surface area contributed by atoms with Crippen molar-refractivity contribution in [3.05, 3.63) is 39.4 Å². The minimum absolute atomic E-state index is 0.0869. The molecule has 0 radical (unpaired) electrons. The van der Waals surface area contributed by atoms with Crippen LogP contribution in [-0.2, 0) is 0 Å². The molecule has 0 aliphatic heterocycles. The van der Waals surface area contributed by atoms with Gasteiger partial charge in [-0.2, -0.15) is 0 Å². The van der Waals surface area contributed by atoms with Gasteiger partial charge in [0.15, 0.2) is 0 Å². The molecule has 1 unspecified atom stereocenters. The summed E-state index contributed by atoms with van der Waals surface area (Å²) >= 11 is 7.84. The van der Waals surface area contributed by atoms with Crippen LogP contribution < -0.4 is 10.1 Å². The highest BCUT2D eigenvalue weighted by atomic mass is 35.5. The minimum atomic E-state index is -0.0869. The maximum atomic E-state index is 6.24. The summed E-state index contributed by atoms with van der Waals surface area (Å²) < 4.78 is 5.29. The van der Waals surface area contributed by atoms with Crippen LogP contribution in [0.5, 0.6) is 5.88 Å². The van der Waals surface area contributed by atoms with Crippen LogP contribution in [-0.4, -0.2) is 23.6 Å². The van der Waals surface area contributed by atoms with Crippen molar-refractivity contribution in [1.82, 2.24) is 15.3 Å². The normalized spacial score (nSPS) is 12.4. The molecule has 0 bridgehead atoms. The topological polar surface area (TPSA) is 47.0 Å². The Kier molecular flexibility index (Phi) is 5.13. The van der Waals surface area contributed by atoms with E-state index in [1.807, 2.05) is 11.4 Å². The Morgan fingerprint density at radius 1 is 1.42 bits per heavy atom. The fourth-order valence-electron chi connectivity index (χ4n) is 1.80. The highest BCUT2D eigenvalue weighted by molar-refractivity contribution is 7.10. The van der Waals surface area contributed by atoms with Gasteiger partial charge >= 0.3 is 0 Å². The molecule has 2 aromatic rings. The van der Waals surface area contributed by atoms with Crippen LogP contribution in [0.25, 0.3) is 0 Å². The van der Waals surface area contributed by atoms with Crippen molar-refractivity contribution in [2.75, 3.05) is 13.7 Å². The van der Waals surface area contributed by atoms with E-state index < -0.39 is 0 Å². The third kappa shape index (κ3) is 3.23. The van der Waals surface area contributed by atoms with Crippen molar-refractivity contribution >= 4 is 22.9 Å². The Morgan fingerprint density at radius 2 is 2.21 bits per heavy atom. The smallest absolute Gasteiger partial charge is 0.237 e. The molecule has 19 heavy (non-hydrogen) atoms. The highest BCUT2D eigenvalue weighted by Gasteiger charge is 2.23. The number of methoxy groups -OCH3 is 1. The molecule has 0 aliphatic carbocycles. The van der Waals surface area contributed by atoms with Gasteiger partial charge in [-0.25, -0.2) is 4.98 Å². The van der Waals surface area contributed by atoms with E-state index in [9.17, 15) is 0 Å². The SMILES string of the molecule is CCCNC(c1nccnc1OC)c1sccc1Cl. The van der Waals surface area contributed by atoms with Crippen LogP contribution in [0, 0.1) is 0 Å². The zero-order valence-electron chi connectivity index (χ0n) is 10.9. The van der Waals surface area contributed by atoms with Crippen molar-refractivity contribution in [3.8, 4) is 5.88 Å². The quantitative estimate of drug-likeness (QED) is 0.889. The molecule has 2 heterocycles. The van der Waals surface area contributed by atoms with Crippen LogP contribution >= 0.6 is 22.9 Å². The first-order chi connectivity index (χ1) is 9.27. The Balaban J connectivity index is 2.40. The molecule has 102 valence electrons. The monoisotopic (exact) mass is 297 g/mol. The zero-order valence-corrected chi connectivity index (χ0v) is 12.5. The number of aromatic nitrogens is 2. The van der Waals surface area contributed by atoms with E-state index >= 15 is 0 Å². The van der Waals surface area contributed by atoms with Gasteiger partial charge in [-0.05, 0) is 24.4 Å². The lowest BCUT2D eigenvalue weighted by atomic mass is 10.1. The molecule has 0 spiro atoms. The van der Waals surface area contributed by atoms with Gasteiger partial charge in [0.05, 0.1) is 18.2 Å². The lowest BCUT2D eigenvalue weighted by Crippen LogP contribution is -2.24. The van der Waals surface area contributed by atoms with E-state index in [1.165, 1.54) is 0 Å². The van der Waals surface area contributed by atoms with Crippen molar-refractivity contribution < 1.29 is 4.74 Å². The van der Waals surface area contributed by atoms with Crippen molar-refractivity contribution in [2.24, 2.45) is 0 Å². The first kappa shape index (κ1) is 14.2. The molecule has 2 aromatic heterocycles. The zero-order chi connectivity index (χ0) is 13.7. The summed E-state index contributed by atoms with van der Waals surface area (Å²) in [6, 6.07) is 1.81. The van der Waals surface area contributed by atoms with Crippen molar-refractivity contribution in [2.45, 2.75) is 19.4 Å². The number of hydrogen-bond donors (Lipinski definition) is 1. The molecule has 0 fully saturated rings. The van der Waals surface area contributed by atoms with E-state index in [2.05, 4.69) is 22.2 Å². The summed E-state index contributed by atoms with van der Waals surface area (Å²) in [7, 11) is 1.60. The number of nitrogens with one attached hydrogen (secondary N) is 1. The lowest BCUT2D eigenvalue weighted by Gasteiger charge is -2.18. The van der Waals surface area contributed by atoms with E-state index in [1.54, 1.807) is 30.8 Å². The van der Waals surface area contributed by atoms with E-state index in [0.717, 1.165) is 28.6 Å². The fourth-order valence-corrected chi connectivity index (χ4v) is 3.05. The van der Waals surface area contributed by atoms with Gasteiger partial charge < -0.3 is 10.1 Å². The van der Waals surface area contributed by atoms with E-state index in [-0.39, 0.29) is 6.04 Å². The second-order valence-corrected chi connectivity index (χ2v) is 5.33. The third-order valence-corrected chi connectivity index (χ3v) is 4.09. The molecular formula is C13H16ClN3OS. The molecule has 0 amide bonds. The van der Waals surface area contributed by atoms with Crippen LogP contribution in [0.1, 0.15) is 30.0 Å². The fraction of sp³-hybridized carbons (Fsp3) is 0.385.